The highest BCUT2D eigenvalue weighted by Crippen LogP contribution is 2.18. The summed E-state index contributed by atoms with van der Waals surface area (Å²) in [6, 6.07) is 7.53. The van der Waals surface area contributed by atoms with Gasteiger partial charge >= 0.3 is 0 Å². The maximum atomic E-state index is 5.55. The van der Waals surface area contributed by atoms with Gasteiger partial charge in [0.25, 0.3) is 0 Å². The maximum absolute atomic E-state index is 5.55. The van der Waals surface area contributed by atoms with E-state index < -0.39 is 0 Å². The van der Waals surface area contributed by atoms with Gasteiger partial charge in [-0.1, -0.05) is 0 Å². The second-order valence-corrected chi connectivity index (χ2v) is 3.65. The Bertz CT molecular complexity index is 506. The van der Waals surface area contributed by atoms with Crippen molar-refractivity contribution in [2.24, 2.45) is 0 Å². The van der Waals surface area contributed by atoms with Crippen LogP contribution in [0, 0.1) is 6.92 Å². The van der Waals surface area contributed by atoms with Crippen LogP contribution in [0.3, 0.4) is 0 Å². The molecule has 6 heteroatoms. The third-order valence-electron chi connectivity index (χ3n) is 2.19. The molecule has 0 unspecified atom stereocenters. The van der Waals surface area contributed by atoms with Gasteiger partial charge in [-0.05, 0) is 38.1 Å². The van der Waals surface area contributed by atoms with E-state index in [1.807, 2.05) is 31.2 Å². The topological polar surface area (TPSA) is 86.0 Å². The van der Waals surface area contributed by atoms with Crippen molar-refractivity contribution in [2.45, 2.75) is 13.8 Å². The van der Waals surface area contributed by atoms with Gasteiger partial charge in [0.05, 0.1) is 6.61 Å². The van der Waals surface area contributed by atoms with Crippen LogP contribution in [0.15, 0.2) is 24.3 Å². The molecule has 0 amide bonds. The van der Waals surface area contributed by atoms with E-state index in [2.05, 4.69) is 20.3 Å². The Morgan fingerprint density at radius 1 is 1.17 bits per heavy atom. The molecular weight excluding hydrogens is 230 g/mol. The molecule has 3 N–H and O–H groups in total. The minimum absolute atomic E-state index is 0.205. The Labute approximate surface area is 105 Å². The Balaban J connectivity index is 2.13. The number of nitrogen functional groups attached to an aromatic ring is 1. The first-order valence-corrected chi connectivity index (χ1v) is 5.65. The number of nitrogens with one attached hydrogen (secondary N) is 1. The van der Waals surface area contributed by atoms with E-state index in [9.17, 15) is 0 Å². The summed E-state index contributed by atoms with van der Waals surface area (Å²) >= 11 is 0. The molecule has 2 rings (SSSR count). The third kappa shape index (κ3) is 3.07. The lowest BCUT2D eigenvalue weighted by molar-refractivity contribution is 0.340. The van der Waals surface area contributed by atoms with Crippen LogP contribution in [0.1, 0.15) is 12.7 Å². The zero-order chi connectivity index (χ0) is 13.0. The van der Waals surface area contributed by atoms with Crippen molar-refractivity contribution in [3.8, 4) is 5.75 Å². The summed E-state index contributed by atoms with van der Waals surface area (Å²) in [6.45, 7) is 4.36. The Morgan fingerprint density at radius 3 is 2.50 bits per heavy atom. The minimum atomic E-state index is 0.205. The van der Waals surface area contributed by atoms with Crippen LogP contribution >= 0.6 is 0 Å². The highest BCUT2D eigenvalue weighted by molar-refractivity contribution is 5.55. The van der Waals surface area contributed by atoms with Gasteiger partial charge in [-0.3, -0.25) is 0 Å². The lowest BCUT2D eigenvalue weighted by Gasteiger charge is -2.07. The summed E-state index contributed by atoms with van der Waals surface area (Å²) in [5, 5.41) is 3.06. The van der Waals surface area contributed by atoms with Gasteiger partial charge in [0.1, 0.15) is 11.6 Å². The average Bonchev–Trinajstić information content (AvgIpc) is 2.31. The Morgan fingerprint density at radius 2 is 1.89 bits per heavy atom. The van der Waals surface area contributed by atoms with Gasteiger partial charge in [0.15, 0.2) is 0 Å². The summed E-state index contributed by atoms with van der Waals surface area (Å²) in [5.74, 6) is 2.05. The molecule has 1 aromatic carbocycles. The number of ether oxygens (including phenoxy) is 1. The molecule has 18 heavy (non-hydrogen) atoms. The number of benzene rings is 1. The lowest BCUT2D eigenvalue weighted by atomic mass is 10.3. The van der Waals surface area contributed by atoms with Crippen LogP contribution in [0.4, 0.5) is 17.6 Å². The molecule has 0 bridgehead atoms. The van der Waals surface area contributed by atoms with Crippen LogP contribution in [0.25, 0.3) is 0 Å². The Kier molecular flexibility index (Phi) is 3.57. The number of aryl methyl sites for hydroxylation is 1. The summed E-state index contributed by atoms with van der Waals surface area (Å²) < 4.78 is 5.36. The first-order chi connectivity index (χ1) is 8.67. The predicted octanol–water partition coefficient (Wildman–Crippen LogP) is 1.90. The van der Waals surface area contributed by atoms with Gasteiger partial charge in [0.2, 0.25) is 11.9 Å². The monoisotopic (exact) mass is 245 g/mol. The molecule has 0 aliphatic carbocycles. The highest BCUT2D eigenvalue weighted by atomic mass is 16.5. The van der Waals surface area contributed by atoms with Crippen LogP contribution in [-0.4, -0.2) is 21.6 Å². The molecular formula is C12H15N5O. The highest BCUT2D eigenvalue weighted by Gasteiger charge is 2.01. The second-order valence-electron chi connectivity index (χ2n) is 3.65. The van der Waals surface area contributed by atoms with Crippen molar-refractivity contribution < 1.29 is 4.74 Å². The number of aromatic nitrogens is 3. The standard InChI is InChI=1S/C12H15N5O/c1-3-18-10-6-4-9(5-7-10)16-12-15-8(2)14-11(13)17-12/h4-7H,3H2,1-2H3,(H3,13,14,15,16,17). The van der Waals surface area contributed by atoms with Crippen molar-refractivity contribution in [1.82, 2.24) is 15.0 Å². The van der Waals surface area contributed by atoms with E-state index >= 15 is 0 Å². The number of hydrogen-bond acceptors (Lipinski definition) is 6. The van der Waals surface area contributed by atoms with E-state index in [0.717, 1.165) is 11.4 Å². The van der Waals surface area contributed by atoms with E-state index in [1.165, 1.54) is 0 Å². The van der Waals surface area contributed by atoms with Crippen LogP contribution < -0.4 is 15.8 Å². The number of rotatable bonds is 4. The fraction of sp³-hybridized carbons (Fsp3) is 0.250. The van der Waals surface area contributed by atoms with Crippen molar-refractivity contribution in [3.63, 3.8) is 0 Å². The summed E-state index contributed by atoms with van der Waals surface area (Å²) in [7, 11) is 0. The molecule has 0 aliphatic heterocycles. The molecule has 0 saturated heterocycles. The minimum Gasteiger partial charge on any atom is -0.494 e. The zero-order valence-corrected chi connectivity index (χ0v) is 10.3. The quantitative estimate of drug-likeness (QED) is 0.855. The maximum Gasteiger partial charge on any atom is 0.232 e. The fourth-order valence-electron chi connectivity index (χ4n) is 1.49. The molecule has 1 heterocycles. The largest absolute Gasteiger partial charge is 0.494 e. The molecule has 0 fully saturated rings. The summed E-state index contributed by atoms with van der Waals surface area (Å²) in [5.41, 5.74) is 6.42. The van der Waals surface area contributed by atoms with E-state index in [-0.39, 0.29) is 5.95 Å². The molecule has 2 aromatic rings. The van der Waals surface area contributed by atoms with Gasteiger partial charge in [-0.2, -0.15) is 15.0 Å². The third-order valence-corrected chi connectivity index (χ3v) is 2.19. The van der Waals surface area contributed by atoms with Crippen molar-refractivity contribution >= 4 is 17.6 Å². The van der Waals surface area contributed by atoms with E-state index in [4.69, 9.17) is 10.5 Å². The fourth-order valence-corrected chi connectivity index (χ4v) is 1.49. The first kappa shape index (κ1) is 12.1. The van der Waals surface area contributed by atoms with Crippen molar-refractivity contribution in [1.29, 1.82) is 0 Å². The number of anilines is 3. The molecule has 0 spiro atoms. The SMILES string of the molecule is CCOc1ccc(Nc2nc(C)nc(N)n2)cc1. The number of nitrogens with zero attached hydrogens (tertiary/aromatic N) is 3. The molecule has 0 atom stereocenters. The van der Waals surface area contributed by atoms with Crippen LogP contribution in [0.5, 0.6) is 5.75 Å². The molecule has 1 aromatic heterocycles. The molecule has 0 radical (unpaired) electrons. The number of nitrogens with two attached hydrogens (primary N) is 1. The molecule has 0 saturated carbocycles. The lowest BCUT2D eigenvalue weighted by Crippen LogP contribution is -2.04. The predicted molar refractivity (Wildman–Crippen MR) is 69.9 cm³/mol. The second kappa shape index (κ2) is 5.31. The zero-order valence-electron chi connectivity index (χ0n) is 10.3. The summed E-state index contributed by atoms with van der Waals surface area (Å²) in [4.78, 5) is 12.1. The van der Waals surface area contributed by atoms with Gasteiger partial charge < -0.3 is 15.8 Å². The van der Waals surface area contributed by atoms with Crippen molar-refractivity contribution in [2.75, 3.05) is 17.7 Å². The first-order valence-electron chi connectivity index (χ1n) is 5.65. The van der Waals surface area contributed by atoms with Gasteiger partial charge in [0, 0.05) is 5.69 Å². The van der Waals surface area contributed by atoms with Crippen LogP contribution in [0.2, 0.25) is 0 Å². The van der Waals surface area contributed by atoms with Gasteiger partial charge in [-0.15, -0.1) is 0 Å². The molecule has 0 aliphatic rings. The van der Waals surface area contributed by atoms with Crippen molar-refractivity contribution in [3.05, 3.63) is 30.1 Å². The van der Waals surface area contributed by atoms with E-state index in [1.54, 1.807) is 6.92 Å². The molecule has 94 valence electrons. The molecule has 6 nitrogen and oxygen atoms in total. The van der Waals surface area contributed by atoms with Gasteiger partial charge in [-0.25, -0.2) is 0 Å². The Hall–Kier alpha value is -2.37. The average molecular weight is 245 g/mol. The normalized spacial score (nSPS) is 10.1. The smallest absolute Gasteiger partial charge is 0.232 e. The number of hydrogen-bond donors (Lipinski definition) is 2. The summed E-state index contributed by atoms with van der Waals surface area (Å²) in [6.07, 6.45) is 0. The van der Waals surface area contributed by atoms with Crippen LogP contribution in [-0.2, 0) is 0 Å². The van der Waals surface area contributed by atoms with E-state index in [0.29, 0.717) is 18.4 Å².